The highest BCUT2D eigenvalue weighted by Crippen LogP contribution is 2.32. The molecule has 0 aromatic heterocycles. The van der Waals surface area contributed by atoms with Crippen LogP contribution < -0.4 is 10.6 Å². The van der Waals surface area contributed by atoms with E-state index < -0.39 is 18.1 Å². The molecular weight excluding hydrogens is 307 g/mol. The lowest BCUT2D eigenvalue weighted by atomic mass is 10.1. The van der Waals surface area contributed by atoms with Gasteiger partial charge < -0.3 is 20.8 Å². The predicted octanol–water partition coefficient (Wildman–Crippen LogP) is 1.35. The molecule has 1 heterocycles. The number of aliphatic hydroxyl groups excluding tert-OH is 1. The average molecular weight is 319 g/mol. The van der Waals surface area contributed by atoms with E-state index in [4.69, 9.17) is 28.3 Å². The highest BCUT2D eigenvalue weighted by Gasteiger charge is 2.28. The van der Waals surface area contributed by atoms with Crippen LogP contribution in [-0.2, 0) is 4.79 Å². The smallest absolute Gasteiger partial charge is 0.335 e. The summed E-state index contributed by atoms with van der Waals surface area (Å²) in [6.07, 6.45) is -0.264. The van der Waals surface area contributed by atoms with Gasteiger partial charge in [-0.3, -0.25) is 4.79 Å². The highest BCUT2D eigenvalue weighted by molar-refractivity contribution is 6.40. The Hall–Kier alpha value is -1.34. The Morgan fingerprint density at radius 3 is 2.35 bits per heavy atom. The van der Waals surface area contributed by atoms with Gasteiger partial charge in [0.05, 0.1) is 33.4 Å². The number of β-amino-alcohol motifs (C(OH)–C–C–N with tert-alkyl or cyclic N) is 1. The molecule has 1 aromatic rings. The highest BCUT2D eigenvalue weighted by atomic mass is 35.5. The molecule has 0 aliphatic carbocycles. The number of aromatic carboxylic acids is 1. The topological polar surface area (TPSA) is 98.7 Å². The van der Waals surface area contributed by atoms with E-state index in [9.17, 15) is 14.7 Å². The van der Waals surface area contributed by atoms with E-state index in [-0.39, 0.29) is 27.2 Å². The standard InChI is InChI=1S/C12H12Cl2N2O4/c13-7-1-5(12(19)20)2-8(14)10(7)16-11(18)9-3-6(17)4-15-9/h1-2,6,9,15,17H,3-4H2,(H,16,18)(H,19,20). The Morgan fingerprint density at radius 2 is 1.90 bits per heavy atom. The Balaban J connectivity index is 2.17. The van der Waals surface area contributed by atoms with Crippen LogP contribution in [0.3, 0.4) is 0 Å². The van der Waals surface area contributed by atoms with Gasteiger partial charge in [0.1, 0.15) is 0 Å². The monoisotopic (exact) mass is 318 g/mol. The lowest BCUT2D eigenvalue weighted by Gasteiger charge is -2.14. The zero-order chi connectivity index (χ0) is 14.9. The van der Waals surface area contributed by atoms with Crippen molar-refractivity contribution in [2.45, 2.75) is 18.6 Å². The molecule has 1 aliphatic heterocycles. The Labute approximate surface area is 124 Å². The molecule has 0 spiro atoms. The number of carboxylic acids is 1. The van der Waals surface area contributed by atoms with Crippen molar-refractivity contribution in [1.29, 1.82) is 0 Å². The molecule has 1 fully saturated rings. The van der Waals surface area contributed by atoms with Crippen LogP contribution in [0.5, 0.6) is 0 Å². The van der Waals surface area contributed by atoms with Gasteiger partial charge in [-0.25, -0.2) is 4.79 Å². The fourth-order valence-corrected chi connectivity index (χ4v) is 2.52. The van der Waals surface area contributed by atoms with E-state index in [1.54, 1.807) is 0 Å². The summed E-state index contributed by atoms with van der Waals surface area (Å²) in [5.41, 5.74) is 0.0962. The predicted molar refractivity (Wildman–Crippen MR) is 74.5 cm³/mol. The van der Waals surface area contributed by atoms with Gasteiger partial charge in [-0.1, -0.05) is 23.2 Å². The molecule has 0 saturated carbocycles. The summed E-state index contributed by atoms with van der Waals surface area (Å²) in [6, 6.07) is 1.89. The second-order valence-corrected chi connectivity index (χ2v) is 5.27. The SMILES string of the molecule is O=C(O)c1cc(Cl)c(NC(=O)C2CC(O)CN2)c(Cl)c1. The Bertz CT molecular complexity index is 541. The van der Waals surface area contributed by atoms with Gasteiger partial charge in [0.2, 0.25) is 5.91 Å². The molecule has 4 N–H and O–H groups in total. The van der Waals surface area contributed by atoms with Crippen molar-refractivity contribution in [3.05, 3.63) is 27.7 Å². The number of hydrogen-bond acceptors (Lipinski definition) is 4. The van der Waals surface area contributed by atoms with Gasteiger partial charge in [0, 0.05) is 6.54 Å². The van der Waals surface area contributed by atoms with E-state index in [1.165, 1.54) is 12.1 Å². The molecule has 108 valence electrons. The molecule has 1 aromatic carbocycles. The summed E-state index contributed by atoms with van der Waals surface area (Å²) in [5, 5.41) is 23.7. The fraction of sp³-hybridized carbons (Fsp3) is 0.333. The summed E-state index contributed by atoms with van der Waals surface area (Å²) >= 11 is 11.9. The first-order valence-electron chi connectivity index (χ1n) is 5.83. The average Bonchev–Trinajstić information content (AvgIpc) is 2.80. The number of amides is 1. The van der Waals surface area contributed by atoms with Gasteiger partial charge in [-0.05, 0) is 18.6 Å². The molecule has 2 rings (SSSR count). The minimum Gasteiger partial charge on any atom is -0.478 e. The minimum atomic E-state index is -1.16. The summed E-state index contributed by atoms with van der Waals surface area (Å²) < 4.78 is 0. The largest absolute Gasteiger partial charge is 0.478 e. The van der Waals surface area contributed by atoms with Crippen LogP contribution in [0.4, 0.5) is 5.69 Å². The van der Waals surface area contributed by atoms with Crippen LogP contribution in [-0.4, -0.2) is 40.8 Å². The molecule has 2 unspecified atom stereocenters. The third-order valence-corrected chi connectivity index (χ3v) is 3.56. The van der Waals surface area contributed by atoms with E-state index in [1.807, 2.05) is 0 Å². The quantitative estimate of drug-likeness (QED) is 0.674. The van der Waals surface area contributed by atoms with Crippen molar-refractivity contribution < 1.29 is 19.8 Å². The number of carbonyl (C=O) groups excluding carboxylic acids is 1. The number of carbonyl (C=O) groups is 2. The maximum absolute atomic E-state index is 12.0. The maximum atomic E-state index is 12.0. The number of nitrogens with one attached hydrogen (secondary N) is 2. The van der Waals surface area contributed by atoms with Gasteiger partial charge in [0.25, 0.3) is 0 Å². The van der Waals surface area contributed by atoms with Crippen LogP contribution in [0, 0.1) is 0 Å². The van der Waals surface area contributed by atoms with Gasteiger partial charge in [0.15, 0.2) is 0 Å². The second kappa shape index (κ2) is 5.97. The van der Waals surface area contributed by atoms with E-state index in [0.29, 0.717) is 13.0 Å². The summed E-state index contributed by atoms with van der Waals surface area (Å²) in [7, 11) is 0. The van der Waals surface area contributed by atoms with Crippen molar-refractivity contribution in [2.24, 2.45) is 0 Å². The van der Waals surface area contributed by atoms with Crippen LogP contribution in [0.25, 0.3) is 0 Å². The van der Waals surface area contributed by atoms with Crippen molar-refractivity contribution in [2.75, 3.05) is 11.9 Å². The lowest BCUT2D eigenvalue weighted by molar-refractivity contribution is -0.117. The van der Waals surface area contributed by atoms with Crippen molar-refractivity contribution in [3.8, 4) is 0 Å². The van der Waals surface area contributed by atoms with Crippen LogP contribution in [0.1, 0.15) is 16.8 Å². The zero-order valence-electron chi connectivity index (χ0n) is 10.2. The number of carboxylic acid groups (broad SMARTS) is 1. The first-order chi connectivity index (χ1) is 9.38. The second-order valence-electron chi connectivity index (χ2n) is 4.46. The third kappa shape index (κ3) is 3.21. The first-order valence-corrected chi connectivity index (χ1v) is 6.58. The van der Waals surface area contributed by atoms with E-state index >= 15 is 0 Å². The molecule has 1 amide bonds. The Morgan fingerprint density at radius 1 is 1.30 bits per heavy atom. The van der Waals surface area contributed by atoms with E-state index in [0.717, 1.165) is 0 Å². The van der Waals surface area contributed by atoms with Crippen molar-refractivity contribution in [3.63, 3.8) is 0 Å². The molecule has 0 radical (unpaired) electrons. The number of halogens is 2. The normalized spacial score (nSPS) is 21.8. The Kier molecular flexibility index (Phi) is 4.49. The summed E-state index contributed by atoms with van der Waals surface area (Å²) in [6.45, 7) is 0.345. The molecule has 6 nitrogen and oxygen atoms in total. The maximum Gasteiger partial charge on any atom is 0.335 e. The molecule has 0 bridgehead atoms. The van der Waals surface area contributed by atoms with Crippen molar-refractivity contribution >= 4 is 40.8 Å². The first kappa shape index (κ1) is 15.1. The lowest BCUT2D eigenvalue weighted by Crippen LogP contribution is -2.35. The summed E-state index contributed by atoms with van der Waals surface area (Å²) in [4.78, 5) is 22.8. The fourth-order valence-electron chi connectivity index (χ4n) is 1.94. The van der Waals surface area contributed by atoms with Crippen molar-refractivity contribution in [1.82, 2.24) is 5.32 Å². The summed E-state index contributed by atoms with van der Waals surface area (Å²) in [5.74, 6) is -1.54. The number of anilines is 1. The number of hydrogen-bond donors (Lipinski definition) is 4. The number of benzene rings is 1. The van der Waals surface area contributed by atoms with Gasteiger partial charge in [-0.2, -0.15) is 0 Å². The zero-order valence-corrected chi connectivity index (χ0v) is 11.7. The molecule has 1 saturated heterocycles. The molecule has 20 heavy (non-hydrogen) atoms. The van der Waals surface area contributed by atoms with Crippen LogP contribution >= 0.6 is 23.2 Å². The third-order valence-electron chi connectivity index (χ3n) is 2.96. The van der Waals surface area contributed by atoms with Crippen LogP contribution in [0.2, 0.25) is 10.0 Å². The van der Waals surface area contributed by atoms with E-state index in [2.05, 4.69) is 10.6 Å². The molecule has 1 aliphatic rings. The number of aliphatic hydroxyl groups is 1. The molecule has 8 heteroatoms. The van der Waals surface area contributed by atoms with Gasteiger partial charge in [-0.15, -0.1) is 0 Å². The van der Waals surface area contributed by atoms with Gasteiger partial charge >= 0.3 is 5.97 Å². The molecule has 2 atom stereocenters. The number of rotatable bonds is 3. The van der Waals surface area contributed by atoms with Crippen LogP contribution in [0.15, 0.2) is 12.1 Å². The minimum absolute atomic E-state index is 0.0433. The molecular formula is C12H12Cl2N2O4.